The quantitative estimate of drug-likeness (QED) is 0.790. The van der Waals surface area contributed by atoms with Crippen molar-refractivity contribution in [1.82, 2.24) is 9.97 Å². The molecule has 3 aromatic rings. The van der Waals surface area contributed by atoms with E-state index in [-0.39, 0.29) is 6.04 Å². The van der Waals surface area contributed by atoms with Crippen LogP contribution in [-0.4, -0.2) is 9.97 Å². The van der Waals surface area contributed by atoms with Crippen molar-refractivity contribution in [2.45, 2.75) is 19.9 Å². The van der Waals surface area contributed by atoms with Gasteiger partial charge in [0, 0.05) is 28.2 Å². The lowest BCUT2D eigenvalue weighted by Gasteiger charge is -2.12. The molecule has 20 heavy (non-hydrogen) atoms. The summed E-state index contributed by atoms with van der Waals surface area (Å²) >= 11 is 1.76. The maximum Gasteiger partial charge on any atom is 0.0893 e. The molecule has 102 valence electrons. The maximum atomic E-state index is 6.21. The van der Waals surface area contributed by atoms with E-state index < -0.39 is 0 Å². The Morgan fingerprint density at radius 1 is 1.00 bits per heavy atom. The topological polar surface area (TPSA) is 51.8 Å². The Labute approximate surface area is 122 Å². The van der Waals surface area contributed by atoms with Gasteiger partial charge in [0.15, 0.2) is 0 Å². The number of nitrogens with zero attached hydrogens (tertiary/aromatic N) is 2. The van der Waals surface area contributed by atoms with Crippen molar-refractivity contribution in [3.8, 4) is 10.4 Å². The van der Waals surface area contributed by atoms with Crippen LogP contribution in [-0.2, 0) is 0 Å². The minimum atomic E-state index is 0.106. The van der Waals surface area contributed by atoms with Gasteiger partial charge in [-0.05, 0) is 35.7 Å². The molecule has 1 atom stereocenters. The van der Waals surface area contributed by atoms with Gasteiger partial charge in [-0.25, -0.2) is 0 Å². The molecule has 0 aliphatic rings. The second kappa shape index (κ2) is 5.31. The standard InChI is InChI=1S/C16H17N3S/c1-10(2)16(17)15-6-5-14(20-15)11-3-4-12-13(9-11)19-8-7-18-12/h3-10,16H,17H2,1-2H3. The molecule has 0 aliphatic carbocycles. The molecule has 2 heterocycles. The van der Waals surface area contributed by atoms with Gasteiger partial charge in [-0.15, -0.1) is 11.3 Å². The van der Waals surface area contributed by atoms with Gasteiger partial charge < -0.3 is 5.73 Å². The lowest BCUT2D eigenvalue weighted by Crippen LogP contribution is -2.14. The fourth-order valence-electron chi connectivity index (χ4n) is 2.13. The van der Waals surface area contributed by atoms with Gasteiger partial charge >= 0.3 is 0 Å². The van der Waals surface area contributed by atoms with Crippen LogP contribution in [0, 0.1) is 5.92 Å². The summed E-state index contributed by atoms with van der Waals surface area (Å²) in [6, 6.07) is 10.6. The largest absolute Gasteiger partial charge is 0.323 e. The number of rotatable bonds is 3. The van der Waals surface area contributed by atoms with E-state index in [9.17, 15) is 0 Å². The Morgan fingerprint density at radius 3 is 2.50 bits per heavy atom. The summed E-state index contributed by atoms with van der Waals surface area (Å²) in [4.78, 5) is 11.1. The molecule has 2 N–H and O–H groups in total. The highest BCUT2D eigenvalue weighted by molar-refractivity contribution is 7.15. The molecule has 0 fully saturated rings. The first-order valence-corrected chi connectivity index (χ1v) is 7.53. The number of hydrogen-bond acceptors (Lipinski definition) is 4. The minimum absolute atomic E-state index is 0.106. The fraction of sp³-hybridized carbons (Fsp3) is 0.250. The molecule has 2 aromatic heterocycles. The molecule has 0 saturated heterocycles. The summed E-state index contributed by atoms with van der Waals surface area (Å²) in [5, 5.41) is 0. The van der Waals surface area contributed by atoms with E-state index in [0.717, 1.165) is 11.0 Å². The number of benzene rings is 1. The Hall–Kier alpha value is -1.78. The smallest absolute Gasteiger partial charge is 0.0893 e. The first kappa shape index (κ1) is 13.2. The normalized spacial score (nSPS) is 13.0. The average Bonchev–Trinajstić information content (AvgIpc) is 2.95. The lowest BCUT2D eigenvalue weighted by atomic mass is 10.0. The molecule has 0 amide bonds. The molecule has 3 nitrogen and oxygen atoms in total. The van der Waals surface area contributed by atoms with Crippen molar-refractivity contribution in [3.05, 3.63) is 47.6 Å². The summed E-state index contributed by atoms with van der Waals surface area (Å²) in [7, 11) is 0. The van der Waals surface area contributed by atoms with Gasteiger partial charge in [-0.2, -0.15) is 0 Å². The van der Waals surface area contributed by atoms with Crippen LogP contribution in [0.15, 0.2) is 42.7 Å². The summed E-state index contributed by atoms with van der Waals surface area (Å²) in [6.45, 7) is 4.30. The summed E-state index contributed by atoms with van der Waals surface area (Å²) < 4.78 is 0. The first-order valence-electron chi connectivity index (χ1n) is 6.71. The van der Waals surface area contributed by atoms with Crippen molar-refractivity contribution in [2.24, 2.45) is 11.7 Å². The SMILES string of the molecule is CC(C)C(N)c1ccc(-c2ccc3nccnc3c2)s1. The highest BCUT2D eigenvalue weighted by Crippen LogP contribution is 2.33. The van der Waals surface area contributed by atoms with E-state index >= 15 is 0 Å². The van der Waals surface area contributed by atoms with E-state index in [1.807, 2.05) is 6.07 Å². The van der Waals surface area contributed by atoms with Crippen LogP contribution in [0.2, 0.25) is 0 Å². The number of hydrogen-bond donors (Lipinski definition) is 1. The van der Waals surface area contributed by atoms with Crippen molar-refractivity contribution in [3.63, 3.8) is 0 Å². The van der Waals surface area contributed by atoms with Crippen LogP contribution in [0.4, 0.5) is 0 Å². The summed E-state index contributed by atoms with van der Waals surface area (Å²) in [5.41, 5.74) is 9.23. The predicted octanol–water partition coefficient (Wildman–Crippen LogP) is 4.01. The minimum Gasteiger partial charge on any atom is -0.323 e. The van der Waals surface area contributed by atoms with Gasteiger partial charge in [0.25, 0.3) is 0 Å². The number of nitrogens with two attached hydrogens (primary N) is 1. The molecule has 3 rings (SSSR count). The van der Waals surface area contributed by atoms with Crippen molar-refractivity contribution in [2.75, 3.05) is 0 Å². The van der Waals surface area contributed by atoms with Gasteiger partial charge in [-0.1, -0.05) is 19.9 Å². The zero-order chi connectivity index (χ0) is 14.1. The molecule has 1 unspecified atom stereocenters. The summed E-state index contributed by atoms with van der Waals surface area (Å²) in [6.07, 6.45) is 3.44. The molecule has 0 spiro atoms. The van der Waals surface area contributed by atoms with E-state index in [0.29, 0.717) is 5.92 Å². The van der Waals surface area contributed by atoms with E-state index in [4.69, 9.17) is 5.73 Å². The third-order valence-electron chi connectivity index (χ3n) is 3.43. The van der Waals surface area contributed by atoms with Crippen LogP contribution in [0.1, 0.15) is 24.8 Å². The van der Waals surface area contributed by atoms with Crippen LogP contribution < -0.4 is 5.73 Å². The van der Waals surface area contributed by atoms with Crippen molar-refractivity contribution >= 4 is 22.4 Å². The second-order valence-corrected chi connectivity index (χ2v) is 6.35. The monoisotopic (exact) mass is 283 g/mol. The average molecular weight is 283 g/mol. The third kappa shape index (κ3) is 2.44. The molecular formula is C16H17N3S. The molecule has 1 aromatic carbocycles. The van der Waals surface area contributed by atoms with Gasteiger partial charge in [0.2, 0.25) is 0 Å². The van der Waals surface area contributed by atoms with Gasteiger partial charge in [-0.3, -0.25) is 9.97 Å². The molecule has 0 aliphatic heterocycles. The number of fused-ring (bicyclic) bond motifs is 1. The zero-order valence-corrected chi connectivity index (χ0v) is 12.4. The maximum absolute atomic E-state index is 6.21. The summed E-state index contributed by atoms with van der Waals surface area (Å²) in [5.74, 6) is 0.448. The van der Waals surface area contributed by atoms with Crippen molar-refractivity contribution in [1.29, 1.82) is 0 Å². The predicted molar refractivity (Wildman–Crippen MR) is 84.6 cm³/mol. The van der Waals surface area contributed by atoms with E-state index in [1.165, 1.54) is 15.3 Å². The highest BCUT2D eigenvalue weighted by Gasteiger charge is 2.13. The number of thiophene rings is 1. The van der Waals surface area contributed by atoms with E-state index in [1.54, 1.807) is 23.7 Å². The first-order chi connectivity index (χ1) is 9.65. The fourth-order valence-corrected chi connectivity index (χ4v) is 3.31. The molecule has 0 bridgehead atoms. The van der Waals surface area contributed by atoms with Crippen LogP contribution >= 0.6 is 11.3 Å². The highest BCUT2D eigenvalue weighted by atomic mass is 32.1. The molecule has 0 radical (unpaired) electrons. The lowest BCUT2D eigenvalue weighted by molar-refractivity contribution is 0.521. The second-order valence-electron chi connectivity index (χ2n) is 5.23. The Morgan fingerprint density at radius 2 is 1.75 bits per heavy atom. The van der Waals surface area contributed by atoms with Crippen LogP contribution in [0.3, 0.4) is 0 Å². The molecule has 0 saturated carbocycles. The van der Waals surface area contributed by atoms with Gasteiger partial charge in [0.05, 0.1) is 11.0 Å². The molecule has 4 heteroatoms. The number of aromatic nitrogens is 2. The Balaban J connectivity index is 1.99. The Kier molecular flexibility index (Phi) is 3.51. The third-order valence-corrected chi connectivity index (χ3v) is 4.66. The van der Waals surface area contributed by atoms with Gasteiger partial charge in [0.1, 0.15) is 0 Å². The van der Waals surface area contributed by atoms with E-state index in [2.05, 4.69) is 48.1 Å². The van der Waals surface area contributed by atoms with Crippen LogP contribution in [0.25, 0.3) is 21.5 Å². The van der Waals surface area contributed by atoms with Crippen LogP contribution in [0.5, 0.6) is 0 Å². The Bertz CT molecular complexity index is 733. The van der Waals surface area contributed by atoms with Crippen molar-refractivity contribution < 1.29 is 0 Å². The molecular weight excluding hydrogens is 266 g/mol. The zero-order valence-electron chi connectivity index (χ0n) is 11.6.